The van der Waals surface area contributed by atoms with E-state index in [4.69, 9.17) is 5.21 Å². The van der Waals surface area contributed by atoms with Crippen LogP contribution in [-0.4, -0.2) is 35.1 Å². The van der Waals surface area contributed by atoms with Crippen LogP contribution in [0.15, 0.2) is 41.3 Å². The van der Waals surface area contributed by atoms with Gasteiger partial charge >= 0.3 is 0 Å². The molecule has 2 N–H and O–H groups in total. The number of sulfone groups is 1. The molecule has 0 aliphatic heterocycles. The predicted molar refractivity (Wildman–Crippen MR) is 98.6 cm³/mol. The van der Waals surface area contributed by atoms with Gasteiger partial charge in [0.1, 0.15) is 5.82 Å². The number of pyridine rings is 1. The molecule has 0 saturated carbocycles. The lowest BCUT2D eigenvalue weighted by Crippen LogP contribution is -2.49. The summed E-state index contributed by atoms with van der Waals surface area (Å²) in [6, 6.07) is 7.56. The lowest BCUT2D eigenvalue weighted by molar-refractivity contribution is -0.131. The Morgan fingerprint density at radius 2 is 1.89 bits per heavy atom. The third-order valence-electron chi connectivity index (χ3n) is 4.73. The van der Waals surface area contributed by atoms with Crippen LogP contribution in [0.3, 0.4) is 0 Å². The zero-order valence-corrected chi connectivity index (χ0v) is 16.0. The molecule has 2 aromatic rings. The van der Waals surface area contributed by atoms with E-state index >= 15 is 0 Å². The lowest BCUT2D eigenvalue weighted by Gasteiger charge is -2.25. The van der Waals surface area contributed by atoms with Crippen LogP contribution in [-0.2, 0) is 21.2 Å². The summed E-state index contributed by atoms with van der Waals surface area (Å²) in [6.07, 6.45) is 2.13. The number of carbonyl (C=O) groups excluding carboxylic acids is 1. The number of nitrogens with zero attached hydrogens (tertiary/aromatic N) is 1. The number of aromatic nitrogens is 1. The average molecular weight is 396 g/mol. The van der Waals surface area contributed by atoms with Gasteiger partial charge in [0.15, 0.2) is 14.6 Å². The Kier molecular flexibility index (Phi) is 5.86. The highest BCUT2D eigenvalue weighted by molar-refractivity contribution is 7.92. The number of carbonyl (C=O) groups is 1. The molecule has 0 aliphatic rings. The summed E-state index contributed by atoms with van der Waals surface area (Å²) in [5.74, 6) is -1.44. The van der Waals surface area contributed by atoms with E-state index in [9.17, 15) is 22.4 Å². The summed E-state index contributed by atoms with van der Waals surface area (Å²) in [7, 11) is -3.85. The third kappa shape index (κ3) is 4.25. The third-order valence-corrected chi connectivity index (χ3v) is 6.76. The first-order valence-electron chi connectivity index (χ1n) is 8.11. The SMILES string of the molecule is Cc1ccc(-c2ccn(CCC(C)(C(=O)NO)S(C)(=O)=O)c(=O)c2)cc1F. The maximum absolute atomic E-state index is 13.7. The van der Waals surface area contributed by atoms with E-state index in [0.717, 1.165) is 6.26 Å². The molecule has 1 amide bonds. The van der Waals surface area contributed by atoms with Gasteiger partial charge < -0.3 is 4.57 Å². The van der Waals surface area contributed by atoms with Gasteiger partial charge in [0, 0.05) is 25.1 Å². The van der Waals surface area contributed by atoms with Crippen molar-refractivity contribution >= 4 is 15.7 Å². The molecule has 2 rings (SSSR count). The van der Waals surface area contributed by atoms with Gasteiger partial charge in [-0.2, -0.15) is 0 Å². The average Bonchev–Trinajstić information content (AvgIpc) is 2.60. The maximum atomic E-state index is 13.7. The van der Waals surface area contributed by atoms with Crippen molar-refractivity contribution in [1.82, 2.24) is 10.0 Å². The van der Waals surface area contributed by atoms with Crippen LogP contribution in [0, 0.1) is 12.7 Å². The summed E-state index contributed by atoms with van der Waals surface area (Å²) < 4.78 is 37.0. The molecule has 1 unspecified atom stereocenters. The Hall–Kier alpha value is -2.52. The van der Waals surface area contributed by atoms with Crippen LogP contribution < -0.4 is 11.0 Å². The van der Waals surface area contributed by atoms with Gasteiger partial charge in [0.05, 0.1) is 0 Å². The highest BCUT2D eigenvalue weighted by Crippen LogP contribution is 2.23. The minimum atomic E-state index is -3.85. The molecule has 27 heavy (non-hydrogen) atoms. The minimum Gasteiger partial charge on any atom is -0.315 e. The van der Waals surface area contributed by atoms with E-state index in [1.165, 1.54) is 35.3 Å². The second-order valence-electron chi connectivity index (χ2n) is 6.60. The highest BCUT2D eigenvalue weighted by atomic mass is 32.2. The van der Waals surface area contributed by atoms with E-state index in [-0.39, 0.29) is 18.8 Å². The van der Waals surface area contributed by atoms with Crippen LogP contribution in [0.5, 0.6) is 0 Å². The minimum absolute atomic E-state index is 0.0572. The molecule has 1 aromatic heterocycles. The number of aryl methyl sites for hydroxylation is 2. The Labute approximate surface area is 156 Å². The molecule has 7 nitrogen and oxygen atoms in total. The first-order chi connectivity index (χ1) is 12.5. The van der Waals surface area contributed by atoms with E-state index in [1.807, 2.05) is 0 Å². The molecule has 0 saturated heterocycles. The summed E-state index contributed by atoms with van der Waals surface area (Å²) in [5, 5.41) is 8.83. The molecule has 0 spiro atoms. The van der Waals surface area contributed by atoms with Crippen LogP contribution in [0.2, 0.25) is 0 Å². The second kappa shape index (κ2) is 7.61. The topological polar surface area (TPSA) is 105 Å². The fourth-order valence-electron chi connectivity index (χ4n) is 2.56. The van der Waals surface area contributed by atoms with Gasteiger partial charge in [-0.3, -0.25) is 14.8 Å². The van der Waals surface area contributed by atoms with Gasteiger partial charge in [0.2, 0.25) is 0 Å². The zero-order valence-electron chi connectivity index (χ0n) is 15.2. The predicted octanol–water partition coefficient (Wildman–Crippen LogP) is 1.66. The fraction of sp³-hybridized carbons (Fsp3) is 0.333. The van der Waals surface area contributed by atoms with Crippen LogP contribution in [0.25, 0.3) is 11.1 Å². The Balaban J connectivity index is 2.29. The first kappa shape index (κ1) is 20.8. The molecular weight excluding hydrogens is 375 g/mol. The molecule has 0 aliphatic carbocycles. The van der Waals surface area contributed by atoms with Gasteiger partial charge in [0.25, 0.3) is 11.5 Å². The molecular formula is C18H21FN2O5S. The quantitative estimate of drug-likeness (QED) is 0.571. The van der Waals surface area contributed by atoms with Gasteiger partial charge in [-0.1, -0.05) is 12.1 Å². The lowest BCUT2D eigenvalue weighted by atomic mass is 10.0. The van der Waals surface area contributed by atoms with Gasteiger partial charge in [-0.15, -0.1) is 0 Å². The molecule has 1 aromatic carbocycles. The number of hydrogen-bond acceptors (Lipinski definition) is 5. The summed E-state index contributed by atoms with van der Waals surface area (Å²) >= 11 is 0. The number of nitrogens with one attached hydrogen (secondary N) is 1. The first-order valence-corrected chi connectivity index (χ1v) is 10.00. The van der Waals surface area contributed by atoms with Crippen molar-refractivity contribution in [2.75, 3.05) is 6.26 Å². The van der Waals surface area contributed by atoms with Crippen molar-refractivity contribution in [1.29, 1.82) is 0 Å². The molecule has 1 heterocycles. The van der Waals surface area contributed by atoms with Crippen molar-refractivity contribution < 1.29 is 22.8 Å². The van der Waals surface area contributed by atoms with Crippen LogP contribution in [0.4, 0.5) is 4.39 Å². The Morgan fingerprint density at radius 3 is 2.41 bits per heavy atom. The van der Waals surface area contributed by atoms with Crippen molar-refractivity contribution in [2.45, 2.75) is 31.6 Å². The Bertz CT molecular complexity index is 1030. The highest BCUT2D eigenvalue weighted by Gasteiger charge is 2.43. The standard InChI is InChI=1S/C18H21FN2O5S/c1-12-4-5-13(10-15(12)19)14-6-8-21(16(22)11-14)9-7-18(2,17(23)20-24)27(3,25)26/h4-6,8,10-11,24H,7,9H2,1-3H3,(H,20,23). The molecule has 1 atom stereocenters. The molecule has 0 fully saturated rings. The fourth-order valence-corrected chi connectivity index (χ4v) is 3.41. The Morgan fingerprint density at radius 1 is 1.26 bits per heavy atom. The summed E-state index contributed by atoms with van der Waals surface area (Å²) in [5.41, 5.74) is 2.50. The maximum Gasteiger partial charge on any atom is 0.264 e. The zero-order chi connectivity index (χ0) is 20.4. The number of benzene rings is 1. The van der Waals surface area contributed by atoms with E-state index in [1.54, 1.807) is 25.1 Å². The molecule has 9 heteroatoms. The number of rotatable bonds is 6. The molecule has 0 radical (unpaired) electrons. The van der Waals surface area contributed by atoms with E-state index < -0.39 is 26.1 Å². The summed E-state index contributed by atoms with van der Waals surface area (Å²) in [6.45, 7) is 2.76. The van der Waals surface area contributed by atoms with Gasteiger partial charge in [-0.05, 0) is 49.1 Å². The number of halogens is 1. The smallest absolute Gasteiger partial charge is 0.264 e. The van der Waals surface area contributed by atoms with Gasteiger partial charge in [-0.25, -0.2) is 18.3 Å². The van der Waals surface area contributed by atoms with Crippen molar-refractivity contribution in [2.24, 2.45) is 0 Å². The van der Waals surface area contributed by atoms with E-state index in [0.29, 0.717) is 16.7 Å². The second-order valence-corrected chi connectivity index (χ2v) is 9.05. The summed E-state index contributed by atoms with van der Waals surface area (Å²) in [4.78, 5) is 24.2. The molecule has 0 bridgehead atoms. The largest absolute Gasteiger partial charge is 0.315 e. The van der Waals surface area contributed by atoms with Crippen molar-refractivity contribution in [3.05, 3.63) is 58.3 Å². The monoisotopic (exact) mass is 396 g/mol. The normalized spacial score (nSPS) is 13.8. The van der Waals surface area contributed by atoms with Crippen LogP contribution in [0.1, 0.15) is 18.9 Å². The number of amides is 1. The molecule has 146 valence electrons. The van der Waals surface area contributed by atoms with Crippen LogP contribution >= 0.6 is 0 Å². The van der Waals surface area contributed by atoms with E-state index in [2.05, 4.69) is 0 Å². The van der Waals surface area contributed by atoms with Crippen molar-refractivity contribution in [3.63, 3.8) is 0 Å². The number of hydrogen-bond donors (Lipinski definition) is 2. The number of hydroxylamine groups is 1. The van der Waals surface area contributed by atoms with Crippen molar-refractivity contribution in [3.8, 4) is 11.1 Å².